The van der Waals surface area contributed by atoms with Crippen molar-refractivity contribution in [3.8, 4) is 0 Å². The summed E-state index contributed by atoms with van der Waals surface area (Å²) in [6.45, 7) is 17.7. The van der Waals surface area contributed by atoms with Crippen LogP contribution in [0.15, 0.2) is 0 Å². The van der Waals surface area contributed by atoms with E-state index in [1.54, 1.807) is 21.0 Å². The maximum Gasteiger partial charge on any atom is 0.319 e. The molecule has 4 rings (SSSR count). The van der Waals surface area contributed by atoms with Crippen molar-refractivity contribution < 1.29 is 28.5 Å². The number of likely N-dealkylation sites (tertiary alicyclic amines) is 1. The maximum absolute atomic E-state index is 14.3. The summed E-state index contributed by atoms with van der Waals surface area (Å²) in [6.07, 6.45) is 3.64. The standard InChI is InChI=1S/C34H61N3O6/c1-21-16-34(7,40-11)31(43-28-15-27(35(8)9)14-22(2)41-28)23(3)30(38)33(5,6)32(39)42-24(4)29(36(10)17-21)26-19-37(20-26)18-25-12-13-25/h21-29,31H,12-20H2,1-11H3/t21-,22-,23+,24-,27+,28+,29?,31-,34-/m1/s1. The van der Waals surface area contributed by atoms with Crippen molar-refractivity contribution in [3.63, 3.8) is 0 Å². The number of ether oxygens (including phenoxy) is 4. The molecule has 0 radical (unpaired) electrons. The number of ketones is 1. The second-order valence-corrected chi connectivity index (χ2v) is 15.6. The first-order chi connectivity index (χ1) is 20.0. The zero-order chi connectivity index (χ0) is 31.9. The summed E-state index contributed by atoms with van der Waals surface area (Å²) in [5.74, 6) is 0.241. The molecule has 1 aliphatic carbocycles. The predicted molar refractivity (Wildman–Crippen MR) is 168 cm³/mol. The highest BCUT2D eigenvalue weighted by Crippen LogP contribution is 2.39. The highest BCUT2D eigenvalue weighted by atomic mass is 16.7. The van der Waals surface area contributed by atoms with Gasteiger partial charge in [0, 0.05) is 57.6 Å². The number of esters is 1. The fourth-order valence-corrected chi connectivity index (χ4v) is 8.16. The minimum absolute atomic E-state index is 0.0323. The van der Waals surface area contributed by atoms with Crippen LogP contribution in [0.5, 0.6) is 0 Å². The maximum atomic E-state index is 14.3. The van der Waals surface area contributed by atoms with Crippen molar-refractivity contribution >= 4 is 11.8 Å². The van der Waals surface area contributed by atoms with Crippen molar-refractivity contribution in [2.75, 3.05) is 54.4 Å². The minimum atomic E-state index is -1.34. The number of Topliss-reactive ketones (excluding diaryl/α,β-unsaturated/α-hetero) is 1. The minimum Gasteiger partial charge on any atom is -0.460 e. The zero-order valence-corrected chi connectivity index (χ0v) is 28.9. The summed E-state index contributed by atoms with van der Waals surface area (Å²) < 4.78 is 25.6. The van der Waals surface area contributed by atoms with Gasteiger partial charge in [0.25, 0.3) is 0 Å². The van der Waals surface area contributed by atoms with E-state index in [0.717, 1.165) is 32.0 Å². The lowest BCUT2D eigenvalue weighted by molar-refractivity contribution is -0.263. The lowest BCUT2D eigenvalue weighted by Crippen LogP contribution is -2.60. The molecule has 9 atom stereocenters. The predicted octanol–water partition coefficient (Wildman–Crippen LogP) is 4.08. The Morgan fingerprint density at radius 2 is 1.65 bits per heavy atom. The molecule has 9 nitrogen and oxygen atoms in total. The molecule has 0 aromatic carbocycles. The summed E-state index contributed by atoms with van der Waals surface area (Å²) in [5, 5.41) is 0. The zero-order valence-electron chi connectivity index (χ0n) is 28.9. The molecule has 0 N–H and O–H groups in total. The summed E-state index contributed by atoms with van der Waals surface area (Å²) >= 11 is 0. The first-order valence-corrected chi connectivity index (χ1v) is 16.8. The summed E-state index contributed by atoms with van der Waals surface area (Å²) in [6, 6.07) is 0.388. The fourth-order valence-electron chi connectivity index (χ4n) is 8.16. The molecule has 4 fully saturated rings. The van der Waals surface area contributed by atoms with Gasteiger partial charge in [-0.05, 0) is 93.3 Å². The molecule has 43 heavy (non-hydrogen) atoms. The van der Waals surface area contributed by atoms with Crippen molar-refractivity contribution in [2.45, 2.75) is 123 Å². The van der Waals surface area contributed by atoms with Crippen molar-refractivity contribution in [1.82, 2.24) is 14.7 Å². The average Bonchev–Trinajstić information content (AvgIpc) is 3.72. The van der Waals surface area contributed by atoms with E-state index in [1.807, 2.05) is 13.8 Å². The van der Waals surface area contributed by atoms with Gasteiger partial charge in [0.1, 0.15) is 11.5 Å². The van der Waals surface area contributed by atoms with Crippen molar-refractivity contribution in [2.24, 2.45) is 29.1 Å². The van der Waals surface area contributed by atoms with Gasteiger partial charge >= 0.3 is 5.97 Å². The van der Waals surface area contributed by atoms with E-state index in [1.165, 1.54) is 19.4 Å². The third-order valence-corrected chi connectivity index (χ3v) is 10.9. The first-order valence-electron chi connectivity index (χ1n) is 16.8. The number of nitrogens with zero attached hydrogens (tertiary/aromatic N) is 3. The second kappa shape index (κ2) is 13.7. The Balaban J connectivity index is 1.62. The summed E-state index contributed by atoms with van der Waals surface area (Å²) in [7, 11) is 8.03. The van der Waals surface area contributed by atoms with E-state index in [4.69, 9.17) is 18.9 Å². The summed E-state index contributed by atoms with van der Waals surface area (Å²) in [5.41, 5.74) is -2.11. The lowest BCUT2D eigenvalue weighted by atomic mass is 9.74. The van der Waals surface area contributed by atoms with E-state index in [2.05, 4.69) is 56.6 Å². The Kier molecular flexibility index (Phi) is 11.1. The van der Waals surface area contributed by atoms with E-state index in [9.17, 15) is 9.59 Å². The number of cyclic esters (lactones) is 1. The van der Waals surface area contributed by atoms with Gasteiger partial charge in [0.15, 0.2) is 12.1 Å². The molecule has 0 bridgehead atoms. The van der Waals surface area contributed by atoms with E-state index in [0.29, 0.717) is 24.8 Å². The molecule has 0 spiro atoms. The highest BCUT2D eigenvalue weighted by Gasteiger charge is 2.51. The van der Waals surface area contributed by atoms with Crippen LogP contribution in [0, 0.1) is 29.1 Å². The van der Waals surface area contributed by atoms with E-state index in [-0.39, 0.29) is 30.0 Å². The van der Waals surface area contributed by atoms with Crippen LogP contribution in [0.1, 0.15) is 80.6 Å². The number of hydrogen-bond donors (Lipinski definition) is 0. The van der Waals surface area contributed by atoms with Gasteiger partial charge in [-0.25, -0.2) is 0 Å². The highest BCUT2D eigenvalue weighted by molar-refractivity contribution is 6.04. The molecule has 3 aliphatic heterocycles. The number of carbonyl (C=O) groups excluding carboxylic acids is 2. The molecule has 1 unspecified atom stereocenters. The average molecular weight is 608 g/mol. The normalized spacial score (nSPS) is 41.2. The number of hydrogen-bond acceptors (Lipinski definition) is 9. The molecule has 4 aliphatic rings. The second-order valence-electron chi connectivity index (χ2n) is 15.6. The Morgan fingerprint density at radius 3 is 2.23 bits per heavy atom. The number of rotatable bonds is 7. The molecule has 3 heterocycles. The van der Waals surface area contributed by atoms with Crippen LogP contribution in [-0.2, 0) is 28.5 Å². The van der Waals surface area contributed by atoms with Gasteiger partial charge in [-0.3, -0.25) is 14.5 Å². The van der Waals surface area contributed by atoms with Crippen LogP contribution in [0.3, 0.4) is 0 Å². The van der Waals surface area contributed by atoms with E-state index >= 15 is 0 Å². The van der Waals surface area contributed by atoms with E-state index < -0.39 is 35.3 Å². The Hall–Kier alpha value is -1.10. The fraction of sp³-hybridized carbons (Fsp3) is 0.941. The number of carbonyl (C=O) groups is 2. The van der Waals surface area contributed by atoms with Gasteiger partial charge in [0.05, 0.1) is 23.9 Å². The third-order valence-electron chi connectivity index (χ3n) is 10.9. The topological polar surface area (TPSA) is 80.8 Å². The SMILES string of the molecule is CO[C@]1(C)C[C@@H](C)CN(C)C(C2CN(CC3CC3)C2)[C@@H](C)OC(=O)C(C)(C)C(=O)[C@H](C)[C@H]1O[C@H]1C[C@@H](N(C)C)C[C@@H](C)O1. The van der Waals surface area contributed by atoms with Crippen molar-refractivity contribution in [1.29, 1.82) is 0 Å². The Morgan fingerprint density at radius 1 is 1.00 bits per heavy atom. The molecular weight excluding hydrogens is 546 g/mol. The smallest absolute Gasteiger partial charge is 0.319 e. The molecule has 3 saturated heterocycles. The molecule has 0 aromatic rings. The van der Waals surface area contributed by atoms with Gasteiger partial charge in [-0.2, -0.15) is 0 Å². The monoisotopic (exact) mass is 607 g/mol. The Labute approximate surface area is 261 Å². The van der Waals surface area contributed by atoms with Crippen molar-refractivity contribution in [3.05, 3.63) is 0 Å². The molecule has 0 aromatic heterocycles. The van der Waals surface area contributed by atoms with Crippen LogP contribution in [0.4, 0.5) is 0 Å². The van der Waals surface area contributed by atoms with Crippen LogP contribution in [0.25, 0.3) is 0 Å². The van der Waals surface area contributed by atoms with Crippen LogP contribution in [0.2, 0.25) is 0 Å². The molecular formula is C34H61N3O6. The number of methoxy groups -OCH3 is 1. The van der Waals surface area contributed by atoms with Crippen LogP contribution >= 0.6 is 0 Å². The van der Waals surface area contributed by atoms with Crippen LogP contribution in [-0.4, -0.2) is 123 Å². The Bertz CT molecular complexity index is 966. The largest absolute Gasteiger partial charge is 0.460 e. The van der Waals surface area contributed by atoms with Crippen LogP contribution < -0.4 is 0 Å². The molecule has 9 heteroatoms. The molecule has 1 saturated carbocycles. The van der Waals surface area contributed by atoms with Gasteiger partial charge in [-0.15, -0.1) is 0 Å². The third kappa shape index (κ3) is 8.01. The summed E-state index contributed by atoms with van der Waals surface area (Å²) in [4.78, 5) is 35.2. The first kappa shape index (κ1) is 34.8. The number of likely N-dealkylation sites (N-methyl/N-ethyl adjacent to an activating group) is 1. The van der Waals surface area contributed by atoms with Gasteiger partial charge in [0.2, 0.25) is 0 Å². The molecule has 0 amide bonds. The van der Waals surface area contributed by atoms with Gasteiger partial charge < -0.3 is 28.7 Å². The lowest BCUT2D eigenvalue weighted by Gasteiger charge is -2.49. The van der Waals surface area contributed by atoms with Gasteiger partial charge in [-0.1, -0.05) is 13.8 Å². The molecule has 248 valence electrons. The quantitative estimate of drug-likeness (QED) is 0.314.